The lowest BCUT2D eigenvalue weighted by molar-refractivity contribution is -0.137. The first-order chi connectivity index (χ1) is 10.1. The van der Waals surface area contributed by atoms with Gasteiger partial charge in [-0.15, -0.1) is 0 Å². The third-order valence-corrected chi connectivity index (χ3v) is 3.39. The second kappa shape index (κ2) is 7.16. The summed E-state index contributed by atoms with van der Waals surface area (Å²) in [6, 6.07) is 5.71. The third kappa shape index (κ3) is 4.25. The van der Waals surface area contributed by atoms with Crippen LogP contribution in [0.15, 0.2) is 18.2 Å². The minimum absolute atomic E-state index is 0.00945. The highest BCUT2D eigenvalue weighted by molar-refractivity contribution is 5.81. The van der Waals surface area contributed by atoms with E-state index in [1.54, 1.807) is 17.9 Å². The van der Waals surface area contributed by atoms with Crippen molar-refractivity contribution in [3.63, 3.8) is 0 Å². The monoisotopic (exact) mass is 291 g/mol. The van der Waals surface area contributed by atoms with Crippen molar-refractivity contribution in [2.24, 2.45) is 0 Å². The number of carbonyl (C=O) groups is 1. The third-order valence-electron chi connectivity index (χ3n) is 3.39. The summed E-state index contributed by atoms with van der Waals surface area (Å²) in [5, 5.41) is 11.9. The van der Waals surface area contributed by atoms with E-state index in [-0.39, 0.29) is 17.5 Å². The van der Waals surface area contributed by atoms with Crippen molar-refractivity contribution >= 4 is 5.91 Å². The molecule has 0 aromatic heterocycles. The smallest absolute Gasteiger partial charge is 0.239 e. The van der Waals surface area contributed by atoms with Gasteiger partial charge in [0.1, 0.15) is 5.82 Å². The van der Waals surface area contributed by atoms with Crippen LogP contribution in [0.1, 0.15) is 18.1 Å². The summed E-state index contributed by atoms with van der Waals surface area (Å²) >= 11 is 0. The Morgan fingerprint density at radius 1 is 1.48 bits per heavy atom. The first kappa shape index (κ1) is 15.4. The van der Waals surface area contributed by atoms with Gasteiger partial charge in [-0.25, -0.2) is 4.39 Å². The Kier molecular flexibility index (Phi) is 5.26. The predicted octanol–water partition coefficient (Wildman–Crippen LogP) is 1.03. The Balaban J connectivity index is 1.91. The number of hydrogen-bond donors (Lipinski definition) is 1. The standard InChI is InChI=1S/C15H18FN3O2/c1-11(15(20)19-2-4-21-5-3-19)18-10-13-6-12(9-17)7-14(16)8-13/h6-8,11,18H,2-5,10H2,1H3. The van der Waals surface area contributed by atoms with Crippen LogP contribution in [0.3, 0.4) is 0 Å². The van der Waals surface area contributed by atoms with Crippen molar-refractivity contribution in [2.75, 3.05) is 26.3 Å². The van der Waals surface area contributed by atoms with E-state index in [1.807, 2.05) is 6.07 Å². The molecule has 0 saturated carbocycles. The first-order valence-electron chi connectivity index (χ1n) is 6.89. The van der Waals surface area contributed by atoms with E-state index in [1.165, 1.54) is 12.1 Å². The molecule has 112 valence electrons. The molecule has 21 heavy (non-hydrogen) atoms. The molecule has 0 radical (unpaired) electrons. The highest BCUT2D eigenvalue weighted by Crippen LogP contribution is 2.09. The Morgan fingerprint density at radius 3 is 2.86 bits per heavy atom. The molecule has 0 aliphatic carbocycles. The normalized spacial score (nSPS) is 16.3. The molecular weight excluding hydrogens is 273 g/mol. The Bertz CT molecular complexity index is 550. The van der Waals surface area contributed by atoms with Crippen molar-refractivity contribution in [2.45, 2.75) is 19.5 Å². The molecule has 1 amide bonds. The molecular formula is C15H18FN3O2. The molecule has 6 heteroatoms. The number of nitrogens with one attached hydrogen (secondary N) is 1. The van der Waals surface area contributed by atoms with E-state index in [4.69, 9.17) is 10.00 Å². The minimum Gasteiger partial charge on any atom is -0.378 e. The van der Waals surface area contributed by atoms with Crippen LogP contribution in [0, 0.1) is 17.1 Å². The molecule has 1 aromatic rings. The van der Waals surface area contributed by atoms with Crippen LogP contribution in [-0.4, -0.2) is 43.2 Å². The molecule has 1 N–H and O–H groups in total. The van der Waals surface area contributed by atoms with Gasteiger partial charge >= 0.3 is 0 Å². The van der Waals surface area contributed by atoms with Gasteiger partial charge in [0, 0.05) is 19.6 Å². The van der Waals surface area contributed by atoms with Gasteiger partial charge in [0.05, 0.1) is 30.9 Å². The molecule has 1 aliphatic heterocycles. The van der Waals surface area contributed by atoms with Crippen LogP contribution in [0.2, 0.25) is 0 Å². The number of amides is 1. The number of morpholine rings is 1. The average molecular weight is 291 g/mol. The van der Waals surface area contributed by atoms with Crippen LogP contribution >= 0.6 is 0 Å². The van der Waals surface area contributed by atoms with Crippen LogP contribution in [0.5, 0.6) is 0 Å². The number of nitrogens with zero attached hydrogens (tertiary/aromatic N) is 2. The fourth-order valence-corrected chi connectivity index (χ4v) is 2.23. The number of benzene rings is 1. The van der Waals surface area contributed by atoms with Gasteiger partial charge in [0.25, 0.3) is 0 Å². The zero-order chi connectivity index (χ0) is 15.2. The number of halogens is 1. The van der Waals surface area contributed by atoms with Crippen LogP contribution in [0.25, 0.3) is 0 Å². The number of rotatable bonds is 4. The number of nitriles is 1. The van der Waals surface area contributed by atoms with Gasteiger partial charge in [-0.1, -0.05) is 0 Å². The van der Waals surface area contributed by atoms with Gasteiger partial charge in [0.2, 0.25) is 5.91 Å². The summed E-state index contributed by atoms with van der Waals surface area (Å²) in [7, 11) is 0. The SMILES string of the molecule is CC(NCc1cc(F)cc(C#N)c1)C(=O)N1CCOCC1. The largest absolute Gasteiger partial charge is 0.378 e. The van der Waals surface area contributed by atoms with E-state index in [9.17, 15) is 9.18 Å². The molecule has 0 bridgehead atoms. The van der Waals surface area contributed by atoms with Gasteiger partial charge in [0.15, 0.2) is 0 Å². The molecule has 2 rings (SSSR count). The van der Waals surface area contributed by atoms with Gasteiger partial charge < -0.3 is 15.0 Å². The number of ether oxygens (including phenoxy) is 1. The van der Waals surface area contributed by atoms with E-state index >= 15 is 0 Å². The van der Waals surface area contributed by atoms with Crippen molar-refractivity contribution < 1.29 is 13.9 Å². The van der Waals surface area contributed by atoms with Crippen molar-refractivity contribution in [3.05, 3.63) is 35.1 Å². The summed E-state index contributed by atoms with van der Waals surface area (Å²) in [6.45, 7) is 4.44. The summed E-state index contributed by atoms with van der Waals surface area (Å²) in [4.78, 5) is 13.9. The Hall–Kier alpha value is -1.97. The van der Waals surface area contributed by atoms with Crippen LogP contribution in [-0.2, 0) is 16.1 Å². The van der Waals surface area contributed by atoms with Crippen molar-refractivity contribution in [1.29, 1.82) is 5.26 Å². The maximum Gasteiger partial charge on any atom is 0.239 e. The van der Waals surface area contributed by atoms with Gasteiger partial charge in [-0.2, -0.15) is 5.26 Å². The van der Waals surface area contributed by atoms with Crippen molar-refractivity contribution in [1.82, 2.24) is 10.2 Å². The van der Waals surface area contributed by atoms with Gasteiger partial charge in [-0.05, 0) is 30.7 Å². The average Bonchev–Trinajstić information content (AvgIpc) is 2.52. The molecule has 1 fully saturated rings. The molecule has 1 unspecified atom stereocenters. The predicted molar refractivity (Wildman–Crippen MR) is 74.8 cm³/mol. The quantitative estimate of drug-likeness (QED) is 0.900. The van der Waals surface area contributed by atoms with E-state index < -0.39 is 5.82 Å². The summed E-state index contributed by atoms with van der Waals surface area (Å²) in [6.07, 6.45) is 0. The zero-order valence-corrected chi connectivity index (χ0v) is 11.9. The molecule has 1 heterocycles. The first-order valence-corrected chi connectivity index (χ1v) is 6.89. The highest BCUT2D eigenvalue weighted by atomic mass is 19.1. The maximum atomic E-state index is 13.3. The lowest BCUT2D eigenvalue weighted by Gasteiger charge is -2.29. The summed E-state index contributed by atoms with van der Waals surface area (Å²) in [5.74, 6) is -0.437. The molecule has 1 atom stereocenters. The maximum absolute atomic E-state index is 13.3. The second-order valence-electron chi connectivity index (χ2n) is 5.00. The molecule has 1 aromatic carbocycles. The van der Waals surface area contributed by atoms with E-state index in [0.717, 1.165) is 0 Å². The van der Waals surface area contributed by atoms with E-state index in [2.05, 4.69) is 5.32 Å². The second-order valence-corrected chi connectivity index (χ2v) is 5.00. The van der Waals surface area contributed by atoms with Crippen LogP contribution < -0.4 is 5.32 Å². The summed E-state index contributed by atoms with van der Waals surface area (Å²) < 4.78 is 18.5. The molecule has 1 aliphatic rings. The Labute approximate surface area is 123 Å². The molecule has 1 saturated heterocycles. The number of carbonyl (C=O) groups excluding carboxylic acids is 1. The van der Waals surface area contributed by atoms with Gasteiger partial charge in [-0.3, -0.25) is 4.79 Å². The minimum atomic E-state index is -0.446. The summed E-state index contributed by atoms with van der Waals surface area (Å²) in [5.41, 5.74) is 0.923. The lowest BCUT2D eigenvalue weighted by atomic mass is 10.1. The fraction of sp³-hybridized carbons (Fsp3) is 0.467. The zero-order valence-electron chi connectivity index (χ0n) is 11.9. The molecule has 5 nitrogen and oxygen atoms in total. The lowest BCUT2D eigenvalue weighted by Crippen LogP contribution is -2.49. The van der Waals surface area contributed by atoms with Crippen molar-refractivity contribution in [3.8, 4) is 6.07 Å². The number of hydrogen-bond acceptors (Lipinski definition) is 4. The highest BCUT2D eigenvalue weighted by Gasteiger charge is 2.21. The van der Waals surface area contributed by atoms with E-state index in [0.29, 0.717) is 38.4 Å². The Morgan fingerprint density at radius 2 is 2.19 bits per heavy atom. The van der Waals surface area contributed by atoms with Crippen LogP contribution in [0.4, 0.5) is 4.39 Å². The topological polar surface area (TPSA) is 65.4 Å². The fourth-order valence-electron chi connectivity index (χ4n) is 2.23. The molecule has 0 spiro atoms.